The van der Waals surface area contributed by atoms with Gasteiger partial charge in [-0.05, 0) is 21.8 Å². The Morgan fingerprint density at radius 3 is 2.80 bits per heavy atom. The minimum absolute atomic E-state index is 0.0167. The molecule has 0 aromatic carbocycles. The fourth-order valence-electron chi connectivity index (χ4n) is 0.959. The van der Waals surface area contributed by atoms with Crippen LogP contribution in [0.4, 0.5) is 11.5 Å². The predicted octanol–water partition coefficient (Wildman–Crippen LogP) is 2.82. The van der Waals surface area contributed by atoms with Crippen LogP contribution >= 0.6 is 15.9 Å². The van der Waals surface area contributed by atoms with Crippen molar-refractivity contribution in [3.05, 3.63) is 26.9 Å². The number of nitro groups is 1. The largest absolute Gasteiger partial charge is 0.369 e. The van der Waals surface area contributed by atoms with E-state index in [9.17, 15) is 10.1 Å². The zero-order valence-corrected chi connectivity index (χ0v) is 10.1. The molecule has 0 saturated heterocycles. The monoisotopic (exact) mass is 273 g/mol. The molecular formula is C9H12BrN3O2. The number of rotatable bonds is 4. The molecule has 0 spiro atoms. The molecule has 0 saturated carbocycles. The molecule has 1 N–H and O–H groups in total. The van der Waals surface area contributed by atoms with E-state index in [1.807, 2.05) is 0 Å². The molecule has 82 valence electrons. The first-order chi connectivity index (χ1) is 7.00. The number of hydrogen-bond acceptors (Lipinski definition) is 4. The fraction of sp³-hybridized carbons (Fsp3) is 0.444. The van der Waals surface area contributed by atoms with Crippen molar-refractivity contribution in [3.8, 4) is 0 Å². The van der Waals surface area contributed by atoms with Crippen LogP contribution in [0.2, 0.25) is 0 Å². The lowest BCUT2D eigenvalue weighted by molar-refractivity contribution is -0.385. The van der Waals surface area contributed by atoms with Gasteiger partial charge in [0.05, 0.1) is 9.40 Å². The summed E-state index contributed by atoms with van der Waals surface area (Å²) in [7, 11) is 0. The van der Waals surface area contributed by atoms with Crippen molar-refractivity contribution >= 4 is 27.4 Å². The second-order valence-corrected chi connectivity index (χ2v) is 4.41. The van der Waals surface area contributed by atoms with Crippen LogP contribution < -0.4 is 5.32 Å². The normalized spacial score (nSPS) is 10.4. The molecule has 0 aliphatic carbocycles. The Hall–Kier alpha value is -1.17. The molecule has 0 atom stereocenters. The third-order valence-electron chi connectivity index (χ3n) is 1.72. The van der Waals surface area contributed by atoms with Crippen molar-refractivity contribution < 1.29 is 4.92 Å². The number of nitrogens with zero attached hydrogens (tertiary/aromatic N) is 2. The lowest BCUT2D eigenvalue weighted by Gasteiger charge is -2.08. The van der Waals surface area contributed by atoms with Crippen LogP contribution in [0.1, 0.15) is 13.8 Å². The number of hydrogen-bond donors (Lipinski definition) is 1. The van der Waals surface area contributed by atoms with Gasteiger partial charge in [0.25, 0.3) is 5.69 Å². The second-order valence-electron chi connectivity index (χ2n) is 3.56. The minimum Gasteiger partial charge on any atom is -0.369 e. The van der Waals surface area contributed by atoms with E-state index in [4.69, 9.17) is 0 Å². The van der Waals surface area contributed by atoms with Crippen LogP contribution in [0.3, 0.4) is 0 Å². The maximum atomic E-state index is 10.5. The summed E-state index contributed by atoms with van der Waals surface area (Å²) in [5, 5.41) is 13.6. The Kier molecular flexibility index (Phi) is 4.02. The summed E-state index contributed by atoms with van der Waals surface area (Å²) in [5.74, 6) is 1.13. The molecule has 1 rings (SSSR count). The van der Waals surface area contributed by atoms with Crippen molar-refractivity contribution in [2.45, 2.75) is 13.8 Å². The van der Waals surface area contributed by atoms with E-state index in [-0.39, 0.29) is 5.69 Å². The molecule has 6 heteroatoms. The van der Waals surface area contributed by atoms with Gasteiger partial charge in [0.2, 0.25) is 0 Å². The number of anilines is 1. The molecule has 15 heavy (non-hydrogen) atoms. The Balaban J connectivity index is 2.79. The quantitative estimate of drug-likeness (QED) is 0.677. The van der Waals surface area contributed by atoms with Crippen molar-refractivity contribution in [2.24, 2.45) is 5.92 Å². The number of aromatic nitrogens is 1. The summed E-state index contributed by atoms with van der Waals surface area (Å²) in [5.41, 5.74) is -0.0167. The van der Waals surface area contributed by atoms with Gasteiger partial charge in [0.1, 0.15) is 12.0 Å². The van der Waals surface area contributed by atoms with Crippen molar-refractivity contribution in [2.75, 3.05) is 11.9 Å². The molecule has 1 heterocycles. The third-order valence-corrected chi connectivity index (χ3v) is 2.32. The molecule has 5 nitrogen and oxygen atoms in total. The zero-order chi connectivity index (χ0) is 11.4. The average molecular weight is 274 g/mol. The van der Waals surface area contributed by atoms with E-state index >= 15 is 0 Å². The maximum Gasteiger partial charge on any atom is 0.288 e. The molecule has 1 aromatic rings. The number of pyridine rings is 1. The Labute approximate surface area is 96.2 Å². The smallest absolute Gasteiger partial charge is 0.288 e. The van der Waals surface area contributed by atoms with E-state index in [0.29, 0.717) is 16.2 Å². The van der Waals surface area contributed by atoms with Gasteiger partial charge in [-0.3, -0.25) is 10.1 Å². The standard InChI is InChI=1S/C9H12BrN3O2/c1-6(2)4-11-9-8(10)3-7(5-12-9)13(14)15/h3,5-6H,4H2,1-2H3,(H,11,12). The van der Waals surface area contributed by atoms with Gasteiger partial charge >= 0.3 is 0 Å². The molecule has 1 aromatic heterocycles. The summed E-state index contributed by atoms with van der Waals surface area (Å²) in [4.78, 5) is 14.0. The maximum absolute atomic E-state index is 10.5. The number of nitrogens with one attached hydrogen (secondary N) is 1. The van der Waals surface area contributed by atoms with Gasteiger partial charge in [0, 0.05) is 12.6 Å². The van der Waals surface area contributed by atoms with Gasteiger partial charge in [-0.15, -0.1) is 0 Å². The second kappa shape index (κ2) is 5.06. The Morgan fingerprint density at radius 1 is 1.67 bits per heavy atom. The highest BCUT2D eigenvalue weighted by Crippen LogP contribution is 2.24. The summed E-state index contributed by atoms with van der Waals surface area (Å²) >= 11 is 3.24. The lowest BCUT2D eigenvalue weighted by Crippen LogP contribution is -2.09. The van der Waals surface area contributed by atoms with Crippen LogP contribution in [0.15, 0.2) is 16.7 Å². The van der Waals surface area contributed by atoms with Crippen LogP contribution in [0, 0.1) is 16.0 Å². The summed E-state index contributed by atoms with van der Waals surface area (Å²) in [6.45, 7) is 4.93. The topological polar surface area (TPSA) is 68.1 Å². The highest BCUT2D eigenvalue weighted by atomic mass is 79.9. The fourth-order valence-corrected chi connectivity index (χ4v) is 1.44. The molecule has 0 aliphatic rings. The molecule has 0 amide bonds. The SMILES string of the molecule is CC(C)CNc1ncc([N+](=O)[O-])cc1Br. The van der Waals surface area contributed by atoms with Gasteiger partial charge in [-0.1, -0.05) is 13.8 Å². The van der Waals surface area contributed by atoms with Crippen molar-refractivity contribution in [1.82, 2.24) is 4.98 Å². The first kappa shape index (κ1) is 11.9. The van der Waals surface area contributed by atoms with Crippen LogP contribution in [-0.4, -0.2) is 16.5 Å². The van der Waals surface area contributed by atoms with Crippen LogP contribution in [-0.2, 0) is 0 Å². The van der Waals surface area contributed by atoms with Gasteiger partial charge in [0.15, 0.2) is 0 Å². The van der Waals surface area contributed by atoms with Crippen LogP contribution in [0.5, 0.6) is 0 Å². The molecule has 0 aliphatic heterocycles. The summed E-state index contributed by atoms with van der Waals surface area (Å²) < 4.78 is 0.609. The van der Waals surface area contributed by atoms with E-state index in [2.05, 4.69) is 40.1 Å². The summed E-state index contributed by atoms with van der Waals surface area (Å²) in [6.07, 6.45) is 1.24. The van der Waals surface area contributed by atoms with E-state index in [0.717, 1.165) is 6.54 Å². The van der Waals surface area contributed by atoms with Crippen LogP contribution in [0.25, 0.3) is 0 Å². The van der Waals surface area contributed by atoms with E-state index in [1.54, 1.807) is 0 Å². The zero-order valence-electron chi connectivity index (χ0n) is 8.53. The predicted molar refractivity (Wildman–Crippen MR) is 61.9 cm³/mol. The Morgan fingerprint density at radius 2 is 2.33 bits per heavy atom. The summed E-state index contributed by atoms with van der Waals surface area (Å²) in [6, 6.07) is 1.44. The van der Waals surface area contributed by atoms with Crippen molar-refractivity contribution in [3.63, 3.8) is 0 Å². The third kappa shape index (κ3) is 3.47. The minimum atomic E-state index is -0.468. The molecule has 0 unspecified atom stereocenters. The molecular weight excluding hydrogens is 262 g/mol. The van der Waals surface area contributed by atoms with Gasteiger partial charge in [-0.2, -0.15) is 0 Å². The van der Waals surface area contributed by atoms with Gasteiger partial charge in [-0.25, -0.2) is 4.98 Å². The van der Waals surface area contributed by atoms with E-state index < -0.39 is 4.92 Å². The molecule has 0 bridgehead atoms. The average Bonchev–Trinajstić information content (AvgIpc) is 2.15. The molecule has 0 radical (unpaired) electrons. The Bertz CT molecular complexity index is 368. The van der Waals surface area contributed by atoms with E-state index in [1.165, 1.54) is 12.3 Å². The van der Waals surface area contributed by atoms with Crippen molar-refractivity contribution in [1.29, 1.82) is 0 Å². The molecule has 0 fully saturated rings. The number of halogens is 1. The van der Waals surface area contributed by atoms with Gasteiger partial charge < -0.3 is 5.32 Å². The lowest BCUT2D eigenvalue weighted by atomic mass is 10.2. The highest BCUT2D eigenvalue weighted by molar-refractivity contribution is 9.10. The highest BCUT2D eigenvalue weighted by Gasteiger charge is 2.10. The first-order valence-electron chi connectivity index (χ1n) is 4.54. The first-order valence-corrected chi connectivity index (χ1v) is 5.34.